The number of hydrogen-bond acceptors (Lipinski definition) is 3. The number of nitrogen functional groups attached to an aromatic ring is 1. The van der Waals surface area contributed by atoms with Gasteiger partial charge in [0, 0.05) is 15.0 Å². The Labute approximate surface area is 130 Å². The van der Waals surface area contributed by atoms with Crippen LogP contribution in [0.15, 0.2) is 28.7 Å². The molecule has 0 spiro atoms. The van der Waals surface area contributed by atoms with Gasteiger partial charge in [-0.05, 0) is 71.4 Å². The van der Waals surface area contributed by atoms with Crippen LogP contribution in [0.4, 0.5) is 11.4 Å². The summed E-state index contributed by atoms with van der Waals surface area (Å²) in [7, 11) is 0. The van der Waals surface area contributed by atoms with Gasteiger partial charge in [-0.15, -0.1) is 11.3 Å². The lowest BCUT2D eigenvalue weighted by Crippen LogP contribution is -2.10. The van der Waals surface area contributed by atoms with E-state index in [1.807, 2.05) is 12.1 Å². The summed E-state index contributed by atoms with van der Waals surface area (Å²) >= 11 is 5.04. The van der Waals surface area contributed by atoms with Crippen molar-refractivity contribution >= 4 is 44.5 Å². The molecule has 0 radical (unpaired) electrons. The highest BCUT2D eigenvalue weighted by Crippen LogP contribution is 2.31. The molecule has 0 atom stereocenters. The minimum absolute atomic E-state index is 0.0595. The second-order valence-electron chi connectivity index (χ2n) is 4.96. The van der Waals surface area contributed by atoms with E-state index in [1.165, 1.54) is 23.3 Å². The van der Waals surface area contributed by atoms with Gasteiger partial charge in [-0.25, -0.2) is 0 Å². The molecule has 0 fully saturated rings. The normalized spacial score (nSPS) is 13.8. The van der Waals surface area contributed by atoms with E-state index < -0.39 is 0 Å². The molecule has 0 unspecified atom stereocenters. The van der Waals surface area contributed by atoms with E-state index in [9.17, 15) is 4.79 Å². The molecule has 0 saturated carbocycles. The number of benzene rings is 1. The first-order valence-electron chi connectivity index (χ1n) is 6.61. The highest BCUT2D eigenvalue weighted by molar-refractivity contribution is 9.10. The van der Waals surface area contributed by atoms with Crippen molar-refractivity contribution in [3.63, 3.8) is 0 Å². The molecule has 3 N–H and O–H groups in total. The zero-order valence-electron chi connectivity index (χ0n) is 10.9. The third-order valence-corrected chi connectivity index (χ3v) is 5.39. The fourth-order valence-corrected chi connectivity index (χ4v) is 3.92. The number of fused-ring (bicyclic) bond motifs is 1. The van der Waals surface area contributed by atoms with Gasteiger partial charge in [0.25, 0.3) is 5.91 Å². The number of anilines is 2. The van der Waals surface area contributed by atoms with Crippen molar-refractivity contribution in [3.05, 3.63) is 44.1 Å². The smallest absolute Gasteiger partial charge is 0.265 e. The number of carbonyl (C=O) groups excluding carboxylic acids is 1. The van der Waals surface area contributed by atoms with Crippen molar-refractivity contribution in [2.45, 2.75) is 25.7 Å². The van der Waals surface area contributed by atoms with Gasteiger partial charge >= 0.3 is 0 Å². The molecular formula is C15H15BrN2OS. The van der Waals surface area contributed by atoms with Crippen LogP contribution in [0.3, 0.4) is 0 Å². The van der Waals surface area contributed by atoms with Crippen molar-refractivity contribution in [1.82, 2.24) is 0 Å². The highest BCUT2D eigenvalue weighted by atomic mass is 79.9. The molecule has 1 aromatic heterocycles. The standard InChI is InChI=1S/C15H15BrN2OS/c16-11-6-5-10(17)8-12(11)18-15(19)14-7-9-3-1-2-4-13(9)20-14/h5-8H,1-4,17H2,(H,18,19). The van der Waals surface area contributed by atoms with Crippen LogP contribution in [0.2, 0.25) is 0 Å². The monoisotopic (exact) mass is 350 g/mol. The van der Waals surface area contributed by atoms with Crippen LogP contribution in [0.25, 0.3) is 0 Å². The summed E-state index contributed by atoms with van der Waals surface area (Å²) in [6.45, 7) is 0. The second-order valence-corrected chi connectivity index (χ2v) is 6.95. The molecule has 3 nitrogen and oxygen atoms in total. The molecule has 0 saturated heterocycles. The summed E-state index contributed by atoms with van der Waals surface area (Å²) in [5.41, 5.74) is 8.44. The zero-order valence-corrected chi connectivity index (χ0v) is 13.3. The summed E-state index contributed by atoms with van der Waals surface area (Å²) in [5, 5.41) is 2.92. The van der Waals surface area contributed by atoms with Gasteiger partial charge in [-0.3, -0.25) is 4.79 Å². The van der Waals surface area contributed by atoms with Gasteiger partial charge in [0.15, 0.2) is 0 Å². The molecule has 1 aliphatic carbocycles. The van der Waals surface area contributed by atoms with Crippen LogP contribution < -0.4 is 11.1 Å². The fourth-order valence-electron chi connectivity index (χ4n) is 2.43. The number of carbonyl (C=O) groups is 1. The van der Waals surface area contributed by atoms with Gasteiger partial charge in [0.2, 0.25) is 0 Å². The van der Waals surface area contributed by atoms with E-state index in [0.717, 1.165) is 22.2 Å². The Bertz CT molecular complexity index is 642. The maximum absolute atomic E-state index is 12.3. The summed E-state index contributed by atoms with van der Waals surface area (Å²) in [6.07, 6.45) is 4.66. The van der Waals surface area contributed by atoms with Gasteiger partial charge in [0.05, 0.1) is 10.6 Å². The molecule has 0 bridgehead atoms. The molecular weight excluding hydrogens is 336 g/mol. The van der Waals surface area contributed by atoms with E-state index in [1.54, 1.807) is 23.5 Å². The lowest BCUT2D eigenvalue weighted by molar-refractivity contribution is 0.103. The maximum atomic E-state index is 12.3. The van der Waals surface area contributed by atoms with Gasteiger partial charge in [0.1, 0.15) is 0 Å². The van der Waals surface area contributed by atoms with Crippen LogP contribution in [-0.2, 0) is 12.8 Å². The quantitative estimate of drug-likeness (QED) is 0.796. The molecule has 2 aromatic rings. The molecule has 5 heteroatoms. The molecule has 1 heterocycles. The Balaban J connectivity index is 1.82. The summed E-state index contributed by atoms with van der Waals surface area (Å²) in [5.74, 6) is -0.0595. The molecule has 1 amide bonds. The number of halogens is 1. The van der Waals surface area contributed by atoms with E-state index in [4.69, 9.17) is 5.73 Å². The van der Waals surface area contributed by atoms with Crippen molar-refractivity contribution in [3.8, 4) is 0 Å². The molecule has 20 heavy (non-hydrogen) atoms. The van der Waals surface area contributed by atoms with E-state index in [2.05, 4.69) is 21.2 Å². The SMILES string of the molecule is Nc1ccc(Br)c(NC(=O)c2cc3c(s2)CCCC3)c1. The lowest BCUT2D eigenvalue weighted by Gasteiger charge is -2.08. The van der Waals surface area contributed by atoms with Crippen LogP contribution in [-0.4, -0.2) is 5.91 Å². The first kappa shape index (κ1) is 13.6. The van der Waals surface area contributed by atoms with Crippen LogP contribution in [0, 0.1) is 0 Å². The predicted molar refractivity (Wildman–Crippen MR) is 87.5 cm³/mol. The topological polar surface area (TPSA) is 55.1 Å². The third kappa shape index (κ3) is 2.74. The largest absolute Gasteiger partial charge is 0.399 e. The van der Waals surface area contributed by atoms with Gasteiger partial charge < -0.3 is 11.1 Å². The Kier molecular flexibility index (Phi) is 3.81. The van der Waals surface area contributed by atoms with Gasteiger partial charge in [-0.1, -0.05) is 0 Å². The number of aryl methyl sites for hydroxylation is 2. The number of hydrogen-bond donors (Lipinski definition) is 2. The molecule has 104 valence electrons. The summed E-state index contributed by atoms with van der Waals surface area (Å²) in [4.78, 5) is 14.5. The highest BCUT2D eigenvalue weighted by Gasteiger charge is 2.17. The maximum Gasteiger partial charge on any atom is 0.265 e. The second kappa shape index (κ2) is 5.58. The average Bonchev–Trinajstić information content (AvgIpc) is 2.87. The predicted octanol–water partition coefficient (Wildman–Crippen LogP) is 4.22. The van der Waals surface area contributed by atoms with E-state index in [-0.39, 0.29) is 5.91 Å². The first-order valence-corrected chi connectivity index (χ1v) is 8.22. The average molecular weight is 351 g/mol. The van der Waals surface area contributed by atoms with E-state index >= 15 is 0 Å². The Morgan fingerprint density at radius 3 is 2.85 bits per heavy atom. The number of thiophene rings is 1. The minimum atomic E-state index is -0.0595. The molecule has 3 rings (SSSR count). The fraction of sp³-hybridized carbons (Fsp3) is 0.267. The Hall–Kier alpha value is -1.33. The third-order valence-electron chi connectivity index (χ3n) is 3.46. The van der Waals surface area contributed by atoms with Crippen LogP contribution in [0.1, 0.15) is 33.0 Å². The summed E-state index contributed by atoms with van der Waals surface area (Å²) < 4.78 is 0.835. The Morgan fingerprint density at radius 1 is 1.25 bits per heavy atom. The minimum Gasteiger partial charge on any atom is -0.399 e. The van der Waals surface area contributed by atoms with Crippen LogP contribution >= 0.6 is 27.3 Å². The van der Waals surface area contributed by atoms with Crippen molar-refractivity contribution in [2.75, 3.05) is 11.1 Å². The van der Waals surface area contributed by atoms with E-state index in [0.29, 0.717) is 11.4 Å². The Morgan fingerprint density at radius 2 is 2.05 bits per heavy atom. The number of rotatable bonds is 2. The van der Waals surface area contributed by atoms with Crippen LogP contribution in [0.5, 0.6) is 0 Å². The van der Waals surface area contributed by atoms with Gasteiger partial charge in [-0.2, -0.15) is 0 Å². The molecule has 1 aliphatic rings. The van der Waals surface area contributed by atoms with Crippen molar-refractivity contribution < 1.29 is 4.79 Å². The molecule has 1 aromatic carbocycles. The lowest BCUT2D eigenvalue weighted by atomic mass is 9.99. The van der Waals surface area contributed by atoms with Crippen molar-refractivity contribution in [2.24, 2.45) is 0 Å². The number of nitrogens with two attached hydrogens (primary N) is 1. The number of amides is 1. The summed E-state index contributed by atoms with van der Waals surface area (Å²) in [6, 6.07) is 7.43. The molecule has 0 aliphatic heterocycles. The zero-order chi connectivity index (χ0) is 14.1. The number of nitrogens with one attached hydrogen (secondary N) is 1. The van der Waals surface area contributed by atoms with Crippen molar-refractivity contribution in [1.29, 1.82) is 0 Å². The first-order chi connectivity index (χ1) is 9.63.